The van der Waals surface area contributed by atoms with Crippen molar-refractivity contribution in [3.8, 4) is 5.75 Å². The first-order valence-electron chi connectivity index (χ1n) is 8.72. The zero-order chi connectivity index (χ0) is 17.8. The molecular formula is C21H17FN2O2. The van der Waals surface area contributed by atoms with Gasteiger partial charge in [-0.15, -0.1) is 0 Å². The fraction of sp³-hybridized carbons (Fsp3) is 0.238. The van der Waals surface area contributed by atoms with Crippen LogP contribution in [-0.4, -0.2) is 17.0 Å². The van der Waals surface area contributed by atoms with Gasteiger partial charge in [0, 0.05) is 29.3 Å². The van der Waals surface area contributed by atoms with Crippen LogP contribution in [0.25, 0.3) is 10.8 Å². The van der Waals surface area contributed by atoms with Crippen LogP contribution < -0.4 is 10.1 Å². The lowest BCUT2D eigenvalue weighted by atomic mass is 10.0. The second-order valence-electron chi connectivity index (χ2n) is 7.03. The van der Waals surface area contributed by atoms with Crippen molar-refractivity contribution in [2.45, 2.75) is 25.0 Å². The Kier molecular flexibility index (Phi) is 3.26. The molecule has 0 bridgehead atoms. The van der Waals surface area contributed by atoms with Crippen molar-refractivity contribution in [3.05, 3.63) is 71.8 Å². The number of nitrogens with one attached hydrogen (secondary N) is 1. The molecule has 3 aromatic rings. The number of halogens is 1. The number of pyridine rings is 1. The van der Waals surface area contributed by atoms with Gasteiger partial charge in [-0.3, -0.25) is 9.78 Å². The lowest BCUT2D eigenvalue weighted by Gasteiger charge is -2.16. The first-order valence-corrected chi connectivity index (χ1v) is 8.72. The second kappa shape index (κ2) is 5.53. The van der Waals surface area contributed by atoms with Crippen LogP contribution in [0.1, 0.15) is 30.0 Å². The van der Waals surface area contributed by atoms with Crippen LogP contribution in [0.5, 0.6) is 5.75 Å². The molecule has 4 nitrogen and oxygen atoms in total. The molecule has 2 aliphatic rings. The Balaban J connectivity index is 1.32. The Bertz CT molecular complexity index is 1040. The molecule has 1 fully saturated rings. The molecule has 130 valence electrons. The summed E-state index contributed by atoms with van der Waals surface area (Å²) in [5.41, 5.74) is 1.84. The van der Waals surface area contributed by atoms with Gasteiger partial charge in [-0.25, -0.2) is 4.39 Å². The average molecular weight is 348 g/mol. The molecule has 4 atom stereocenters. The van der Waals surface area contributed by atoms with Crippen LogP contribution in [0.3, 0.4) is 0 Å². The Morgan fingerprint density at radius 2 is 2.08 bits per heavy atom. The molecule has 1 aliphatic carbocycles. The summed E-state index contributed by atoms with van der Waals surface area (Å²) in [7, 11) is 0. The number of amides is 1. The predicted molar refractivity (Wildman–Crippen MR) is 95.3 cm³/mol. The SMILES string of the molecule is CC(NC(=O)C1C2Oc3ccc(F)cc3C21)c1ccc2cnccc2c1. The number of fused-ring (bicyclic) bond motifs is 4. The van der Waals surface area contributed by atoms with Gasteiger partial charge < -0.3 is 10.1 Å². The number of nitrogens with zero attached hydrogens (tertiary/aromatic N) is 1. The van der Waals surface area contributed by atoms with Crippen molar-refractivity contribution >= 4 is 16.7 Å². The highest BCUT2D eigenvalue weighted by molar-refractivity contribution is 5.86. The molecule has 1 aliphatic heterocycles. The molecule has 1 aromatic heterocycles. The van der Waals surface area contributed by atoms with Gasteiger partial charge in [0.2, 0.25) is 5.91 Å². The lowest BCUT2D eigenvalue weighted by Crippen LogP contribution is -2.30. The number of carbonyl (C=O) groups is 1. The maximum atomic E-state index is 13.5. The van der Waals surface area contributed by atoms with E-state index in [0.717, 1.165) is 21.9 Å². The topological polar surface area (TPSA) is 51.2 Å². The summed E-state index contributed by atoms with van der Waals surface area (Å²) < 4.78 is 19.3. The van der Waals surface area contributed by atoms with Crippen LogP contribution in [0.2, 0.25) is 0 Å². The van der Waals surface area contributed by atoms with Gasteiger partial charge >= 0.3 is 0 Å². The van der Waals surface area contributed by atoms with Crippen LogP contribution in [0, 0.1) is 11.7 Å². The third-order valence-electron chi connectivity index (χ3n) is 5.37. The fourth-order valence-corrected chi connectivity index (χ4v) is 3.91. The molecular weight excluding hydrogens is 331 g/mol. The quantitative estimate of drug-likeness (QED) is 0.785. The van der Waals surface area contributed by atoms with E-state index in [1.807, 2.05) is 31.3 Å². The van der Waals surface area contributed by atoms with Gasteiger partial charge in [0.1, 0.15) is 17.7 Å². The van der Waals surface area contributed by atoms with E-state index in [1.165, 1.54) is 12.1 Å². The molecule has 26 heavy (non-hydrogen) atoms. The normalized spacial score (nSPS) is 23.7. The first kappa shape index (κ1) is 15.3. The molecule has 2 heterocycles. The average Bonchev–Trinajstić information content (AvgIpc) is 3.25. The third-order valence-corrected chi connectivity index (χ3v) is 5.37. The number of benzene rings is 2. The van der Waals surface area contributed by atoms with Crippen molar-refractivity contribution in [1.29, 1.82) is 0 Å². The zero-order valence-corrected chi connectivity index (χ0v) is 14.1. The molecule has 0 saturated heterocycles. The standard InChI is InChI=1S/C21H17FN2O2/c1-11(12-2-3-14-10-23-7-6-13(14)8-12)24-21(25)19-18-16-9-15(22)4-5-17(16)26-20(18)19/h2-11,18-20H,1H3,(H,24,25). The van der Waals surface area contributed by atoms with Crippen LogP contribution in [0.15, 0.2) is 54.9 Å². The summed E-state index contributed by atoms with van der Waals surface area (Å²) in [6, 6.07) is 12.4. The van der Waals surface area contributed by atoms with E-state index in [1.54, 1.807) is 12.3 Å². The number of hydrogen-bond donors (Lipinski definition) is 1. The van der Waals surface area contributed by atoms with Gasteiger partial charge in [0.05, 0.1) is 12.0 Å². The van der Waals surface area contributed by atoms with E-state index < -0.39 is 0 Å². The molecule has 1 amide bonds. The first-order chi connectivity index (χ1) is 12.6. The van der Waals surface area contributed by atoms with Crippen molar-refractivity contribution in [1.82, 2.24) is 10.3 Å². The van der Waals surface area contributed by atoms with E-state index in [-0.39, 0.29) is 35.7 Å². The summed E-state index contributed by atoms with van der Waals surface area (Å²) in [6.07, 6.45) is 3.41. The Labute approximate surface area is 150 Å². The minimum atomic E-state index is -0.293. The van der Waals surface area contributed by atoms with Crippen LogP contribution in [-0.2, 0) is 4.79 Å². The molecule has 0 radical (unpaired) electrons. The Hall–Kier alpha value is -2.95. The number of hydrogen-bond acceptors (Lipinski definition) is 3. The van der Waals surface area contributed by atoms with Crippen molar-refractivity contribution < 1.29 is 13.9 Å². The predicted octanol–water partition coefficient (Wildman–Crippen LogP) is 3.73. The number of ether oxygens (including phenoxy) is 1. The van der Waals surface area contributed by atoms with Gasteiger partial charge in [0.25, 0.3) is 0 Å². The van der Waals surface area contributed by atoms with Crippen molar-refractivity contribution in [2.24, 2.45) is 5.92 Å². The van der Waals surface area contributed by atoms with Gasteiger partial charge in [0.15, 0.2) is 0 Å². The highest BCUT2D eigenvalue weighted by Gasteiger charge is 2.62. The molecule has 5 rings (SSSR count). The minimum absolute atomic E-state index is 0.0319. The van der Waals surface area contributed by atoms with Gasteiger partial charge in [-0.1, -0.05) is 12.1 Å². The molecule has 1 N–H and O–H groups in total. The van der Waals surface area contributed by atoms with E-state index in [4.69, 9.17) is 4.74 Å². The van der Waals surface area contributed by atoms with Crippen LogP contribution in [0.4, 0.5) is 4.39 Å². The zero-order valence-electron chi connectivity index (χ0n) is 14.1. The van der Waals surface area contributed by atoms with Crippen LogP contribution >= 0.6 is 0 Å². The molecule has 0 spiro atoms. The van der Waals surface area contributed by atoms with E-state index in [9.17, 15) is 9.18 Å². The second-order valence-corrected chi connectivity index (χ2v) is 7.03. The summed E-state index contributed by atoms with van der Waals surface area (Å²) in [5, 5.41) is 5.23. The maximum absolute atomic E-state index is 13.5. The van der Waals surface area contributed by atoms with E-state index >= 15 is 0 Å². The largest absolute Gasteiger partial charge is 0.489 e. The van der Waals surface area contributed by atoms with Gasteiger partial charge in [-0.05, 0) is 48.2 Å². The van der Waals surface area contributed by atoms with Crippen molar-refractivity contribution in [3.63, 3.8) is 0 Å². The number of rotatable bonds is 3. The van der Waals surface area contributed by atoms with E-state index in [2.05, 4.69) is 16.4 Å². The number of aromatic nitrogens is 1. The molecule has 1 saturated carbocycles. The lowest BCUT2D eigenvalue weighted by molar-refractivity contribution is -0.123. The molecule has 5 heteroatoms. The minimum Gasteiger partial charge on any atom is -0.489 e. The van der Waals surface area contributed by atoms with Gasteiger partial charge in [-0.2, -0.15) is 0 Å². The monoisotopic (exact) mass is 348 g/mol. The third kappa shape index (κ3) is 2.35. The van der Waals surface area contributed by atoms with Crippen molar-refractivity contribution in [2.75, 3.05) is 0 Å². The smallest absolute Gasteiger partial charge is 0.228 e. The number of carbonyl (C=O) groups excluding carboxylic acids is 1. The highest BCUT2D eigenvalue weighted by atomic mass is 19.1. The highest BCUT2D eigenvalue weighted by Crippen LogP contribution is 2.58. The maximum Gasteiger partial charge on any atom is 0.228 e. The molecule has 2 aromatic carbocycles. The molecule has 4 unspecified atom stereocenters. The summed E-state index contributed by atoms with van der Waals surface area (Å²) in [4.78, 5) is 16.8. The van der Waals surface area contributed by atoms with E-state index in [0.29, 0.717) is 5.75 Å². The Morgan fingerprint density at radius 3 is 2.96 bits per heavy atom. The Morgan fingerprint density at radius 1 is 1.19 bits per heavy atom. The summed E-state index contributed by atoms with van der Waals surface area (Å²) in [6.45, 7) is 1.97. The fourth-order valence-electron chi connectivity index (χ4n) is 3.91. The summed E-state index contributed by atoms with van der Waals surface area (Å²) >= 11 is 0. The summed E-state index contributed by atoms with van der Waals surface area (Å²) in [5.74, 6) is 0.0870.